The maximum Gasteiger partial charge on any atom is 0.412 e. The van der Waals surface area contributed by atoms with Crippen molar-refractivity contribution >= 4 is 11.8 Å². The average molecular weight is 264 g/mol. The van der Waals surface area contributed by atoms with Gasteiger partial charge in [0.15, 0.2) is 0 Å². The summed E-state index contributed by atoms with van der Waals surface area (Å²) in [6.07, 6.45) is -0.438. The first kappa shape index (κ1) is 15.5. The molecule has 4 heteroatoms. The fourth-order valence-electron chi connectivity index (χ4n) is 1.69. The van der Waals surface area contributed by atoms with Gasteiger partial charge in [0.1, 0.15) is 5.60 Å². The molecule has 0 aromatic heterocycles. The van der Waals surface area contributed by atoms with Crippen LogP contribution in [0.1, 0.15) is 40.2 Å². The second-order valence-electron chi connectivity index (χ2n) is 6.05. The van der Waals surface area contributed by atoms with Crippen molar-refractivity contribution in [3.05, 3.63) is 29.8 Å². The molecule has 0 saturated carbocycles. The Bertz CT molecular complexity index is 448. The third-order valence-electron chi connectivity index (χ3n) is 2.86. The summed E-state index contributed by atoms with van der Waals surface area (Å²) in [6.45, 7) is 9.65. The number of rotatable bonds is 3. The first-order valence-corrected chi connectivity index (χ1v) is 6.44. The molecule has 1 aromatic rings. The molecule has 1 amide bonds. The molecule has 0 aliphatic carbocycles. The number of anilines is 1. The number of nitrogens with one attached hydrogen (secondary N) is 2. The number of ether oxygens (including phenoxy) is 1. The summed E-state index contributed by atoms with van der Waals surface area (Å²) in [5, 5.41) is 6.03. The summed E-state index contributed by atoms with van der Waals surface area (Å²) >= 11 is 0. The van der Waals surface area contributed by atoms with Gasteiger partial charge in [0, 0.05) is 11.2 Å². The molecule has 0 radical (unpaired) electrons. The summed E-state index contributed by atoms with van der Waals surface area (Å²) in [5.74, 6) is 0. The van der Waals surface area contributed by atoms with E-state index in [0.29, 0.717) is 0 Å². The molecular formula is C15H24N2O2. The SMILES string of the molecule is CNC(C)(C)c1ccccc1NC(=O)OC(C)(C)C. The van der Waals surface area contributed by atoms with Gasteiger partial charge in [-0.15, -0.1) is 0 Å². The fraction of sp³-hybridized carbons (Fsp3) is 0.533. The van der Waals surface area contributed by atoms with Crippen molar-refractivity contribution in [2.45, 2.75) is 45.8 Å². The molecule has 0 spiro atoms. The third-order valence-corrected chi connectivity index (χ3v) is 2.86. The molecule has 0 heterocycles. The van der Waals surface area contributed by atoms with Crippen LogP contribution in [0.4, 0.5) is 10.5 Å². The molecule has 4 nitrogen and oxygen atoms in total. The van der Waals surface area contributed by atoms with E-state index < -0.39 is 11.7 Å². The van der Waals surface area contributed by atoms with Crippen LogP contribution >= 0.6 is 0 Å². The molecule has 0 bridgehead atoms. The number of para-hydroxylation sites is 1. The lowest BCUT2D eigenvalue weighted by molar-refractivity contribution is 0.0635. The van der Waals surface area contributed by atoms with Crippen LogP contribution in [0.3, 0.4) is 0 Å². The monoisotopic (exact) mass is 264 g/mol. The molecule has 0 aliphatic heterocycles. The van der Waals surface area contributed by atoms with Crippen molar-refractivity contribution in [1.29, 1.82) is 0 Å². The van der Waals surface area contributed by atoms with Crippen LogP contribution in [-0.4, -0.2) is 18.7 Å². The van der Waals surface area contributed by atoms with Crippen molar-refractivity contribution < 1.29 is 9.53 Å². The van der Waals surface area contributed by atoms with Crippen LogP contribution in [0.15, 0.2) is 24.3 Å². The van der Waals surface area contributed by atoms with E-state index in [1.54, 1.807) is 0 Å². The van der Waals surface area contributed by atoms with Gasteiger partial charge in [-0.1, -0.05) is 18.2 Å². The number of benzene rings is 1. The van der Waals surface area contributed by atoms with E-state index in [9.17, 15) is 4.79 Å². The number of carbonyl (C=O) groups excluding carboxylic acids is 1. The average Bonchev–Trinajstić information content (AvgIpc) is 2.27. The summed E-state index contributed by atoms with van der Waals surface area (Å²) in [6, 6.07) is 7.71. The largest absolute Gasteiger partial charge is 0.444 e. The standard InChI is InChI=1S/C15H24N2O2/c1-14(2,3)19-13(18)17-12-10-8-7-9-11(12)15(4,5)16-6/h7-10,16H,1-6H3,(H,17,18). The van der Waals surface area contributed by atoms with E-state index in [0.717, 1.165) is 11.3 Å². The fourth-order valence-corrected chi connectivity index (χ4v) is 1.69. The lowest BCUT2D eigenvalue weighted by Gasteiger charge is -2.28. The second-order valence-corrected chi connectivity index (χ2v) is 6.05. The van der Waals surface area contributed by atoms with Crippen molar-refractivity contribution in [1.82, 2.24) is 5.32 Å². The van der Waals surface area contributed by atoms with Crippen molar-refractivity contribution in [2.75, 3.05) is 12.4 Å². The lowest BCUT2D eigenvalue weighted by Crippen LogP contribution is -2.35. The van der Waals surface area contributed by atoms with E-state index >= 15 is 0 Å². The van der Waals surface area contributed by atoms with Gasteiger partial charge < -0.3 is 10.1 Å². The summed E-state index contributed by atoms with van der Waals surface area (Å²) in [7, 11) is 1.89. The normalized spacial score (nSPS) is 12.1. The van der Waals surface area contributed by atoms with Crippen LogP contribution < -0.4 is 10.6 Å². The maximum absolute atomic E-state index is 11.8. The zero-order chi connectivity index (χ0) is 14.7. The first-order valence-electron chi connectivity index (χ1n) is 6.44. The predicted molar refractivity (Wildman–Crippen MR) is 78.4 cm³/mol. The van der Waals surface area contributed by atoms with Crippen LogP contribution in [0, 0.1) is 0 Å². The van der Waals surface area contributed by atoms with E-state index in [1.807, 2.05) is 52.1 Å². The number of hydrogen-bond donors (Lipinski definition) is 2. The Balaban J connectivity index is 2.94. The molecule has 1 rings (SSSR count). The molecular weight excluding hydrogens is 240 g/mol. The quantitative estimate of drug-likeness (QED) is 0.878. The van der Waals surface area contributed by atoms with Gasteiger partial charge in [-0.05, 0) is 53.3 Å². The molecule has 19 heavy (non-hydrogen) atoms. The van der Waals surface area contributed by atoms with Gasteiger partial charge in [0.25, 0.3) is 0 Å². The second kappa shape index (κ2) is 5.61. The van der Waals surface area contributed by atoms with Crippen LogP contribution in [0.5, 0.6) is 0 Å². The third kappa shape index (κ3) is 4.56. The van der Waals surface area contributed by atoms with Crippen molar-refractivity contribution in [2.24, 2.45) is 0 Å². The van der Waals surface area contributed by atoms with Gasteiger partial charge >= 0.3 is 6.09 Å². The molecule has 0 atom stereocenters. The van der Waals surface area contributed by atoms with E-state index in [-0.39, 0.29) is 5.54 Å². The molecule has 0 saturated heterocycles. The zero-order valence-corrected chi connectivity index (χ0v) is 12.6. The van der Waals surface area contributed by atoms with E-state index in [2.05, 4.69) is 24.5 Å². The highest BCUT2D eigenvalue weighted by Gasteiger charge is 2.23. The zero-order valence-electron chi connectivity index (χ0n) is 12.6. The minimum absolute atomic E-state index is 0.231. The van der Waals surface area contributed by atoms with Gasteiger partial charge in [-0.25, -0.2) is 4.79 Å². The van der Waals surface area contributed by atoms with E-state index in [1.165, 1.54) is 0 Å². The van der Waals surface area contributed by atoms with Crippen LogP contribution in [0.2, 0.25) is 0 Å². The number of carbonyl (C=O) groups is 1. The molecule has 2 N–H and O–H groups in total. The Hall–Kier alpha value is -1.55. The Morgan fingerprint density at radius 2 is 1.68 bits per heavy atom. The van der Waals surface area contributed by atoms with Gasteiger partial charge in [-0.3, -0.25) is 5.32 Å². The minimum Gasteiger partial charge on any atom is -0.444 e. The van der Waals surface area contributed by atoms with Crippen molar-refractivity contribution in [3.63, 3.8) is 0 Å². The lowest BCUT2D eigenvalue weighted by atomic mass is 9.93. The van der Waals surface area contributed by atoms with Gasteiger partial charge in [0.2, 0.25) is 0 Å². The molecule has 106 valence electrons. The highest BCUT2D eigenvalue weighted by molar-refractivity contribution is 5.86. The molecule has 0 fully saturated rings. The van der Waals surface area contributed by atoms with E-state index in [4.69, 9.17) is 4.74 Å². The topological polar surface area (TPSA) is 50.4 Å². The summed E-state index contributed by atoms with van der Waals surface area (Å²) in [5.41, 5.74) is 1.04. The molecule has 1 aromatic carbocycles. The molecule has 0 unspecified atom stereocenters. The molecule has 0 aliphatic rings. The first-order chi connectivity index (χ1) is 8.65. The predicted octanol–water partition coefficient (Wildman–Crippen LogP) is 3.49. The van der Waals surface area contributed by atoms with Gasteiger partial charge in [-0.2, -0.15) is 0 Å². The Morgan fingerprint density at radius 3 is 2.21 bits per heavy atom. The van der Waals surface area contributed by atoms with Crippen LogP contribution in [0.25, 0.3) is 0 Å². The Kier molecular flexibility index (Phi) is 4.58. The number of hydrogen-bond acceptors (Lipinski definition) is 3. The Morgan fingerprint density at radius 1 is 1.11 bits per heavy atom. The summed E-state index contributed by atoms with van der Waals surface area (Å²) < 4.78 is 5.27. The van der Waals surface area contributed by atoms with Gasteiger partial charge in [0.05, 0.1) is 0 Å². The summed E-state index contributed by atoms with van der Waals surface area (Å²) in [4.78, 5) is 11.8. The van der Waals surface area contributed by atoms with Crippen LogP contribution in [-0.2, 0) is 10.3 Å². The smallest absolute Gasteiger partial charge is 0.412 e. The minimum atomic E-state index is -0.502. The van der Waals surface area contributed by atoms with Crippen molar-refractivity contribution in [3.8, 4) is 0 Å². The highest BCUT2D eigenvalue weighted by Crippen LogP contribution is 2.27. The highest BCUT2D eigenvalue weighted by atomic mass is 16.6. The number of amides is 1. The Labute approximate surface area is 115 Å². The maximum atomic E-state index is 11.8.